The standard InChI is InChI=1S/C22H27NO8/c1-13(24)30-21-17(26-3)7-15(8-18(21)27-4)11-23-12-16-9-19(28-5)22(31-14(2)25)20(10-16)29-6/h7-10,23H,11-12H2,1-6H3. The first-order chi connectivity index (χ1) is 14.8. The van der Waals surface area contributed by atoms with E-state index in [-0.39, 0.29) is 11.5 Å². The van der Waals surface area contributed by atoms with Gasteiger partial charge in [-0.05, 0) is 35.4 Å². The molecule has 0 aliphatic carbocycles. The molecule has 0 unspecified atom stereocenters. The Kier molecular flexibility index (Phi) is 8.51. The lowest BCUT2D eigenvalue weighted by Crippen LogP contribution is -2.14. The Labute approximate surface area is 181 Å². The maximum atomic E-state index is 11.4. The van der Waals surface area contributed by atoms with Gasteiger partial charge in [0.2, 0.25) is 11.5 Å². The van der Waals surface area contributed by atoms with Gasteiger partial charge in [0.25, 0.3) is 0 Å². The molecular weight excluding hydrogens is 406 g/mol. The summed E-state index contributed by atoms with van der Waals surface area (Å²) >= 11 is 0. The van der Waals surface area contributed by atoms with E-state index in [0.717, 1.165) is 11.1 Å². The van der Waals surface area contributed by atoms with E-state index in [2.05, 4.69) is 5.32 Å². The van der Waals surface area contributed by atoms with Gasteiger partial charge in [-0.3, -0.25) is 9.59 Å². The molecule has 0 amide bonds. The Morgan fingerprint density at radius 3 is 1.16 bits per heavy atom. The van der Waals surface area contributed by atoms with Crippen LogP contribution in [0.3, 0.4) is 0 Å². The average molecular weight is 433 g/mol. The highest BCUT2D eigenvalue weighted by Gasteiger charge is 2.18. The third-order valence-corrected chi connectivity index (χ3v) is 4.19. The Hall–Kier alpha value is -3.46. The summed E-state index contributed by atoms with van der Waals surface area (Å²) in [6, 6.07) is 7.05. The third kappa shape index (κ3) is 6.26. The van der Waals surface area contributed by atoms with Gasteiger partial charge >= 0.3 is 11.9 Å². The monoisotopic (exact) mass is 433 g/mol. The minimum absolute atomic E-state index is 0.233. The van der Waals surface area contributed by atoms with Gasteiger partial charge in [0.05, 0.1) is 28.4 Å². The first-order valence-corrected chi connectivity index (χ1v) is 9.40. The van der Waals surface area contributed by atoms with E-state index in [1.54, 1.807) is 24.3 Å². The fourth-order valence-electron chi connectivity index (χ4n) is 2.91. The van der Waals surface area contributed by atoms with Crippen molar-refractivity contribution < 1.29 is 38.0 Å². The van der Waals surface area contributed by atoms with E-state index in [1.165, 1.54) is 42.3 Å². The van der Waals surface area contributed by atoms with Crippen molar-refractivity contribution in [1.29, 1.82) is 0 Å². The topological polar surface area (TPSA) is 102 Å². The van der Waals surface area contributed by atoms with Gasteiger partial charge in [0.1, 0.15) is 0 Å². The average Bonchev–Trinajstić information content (AvgIpc) is 2.74. The smallest absolute Gasteiger partial charge is 0.308 e. The van der Waals surface area contributed by atoms with Crippen LogP contribution < -0.4 is 33.7 Å². The van der Waals surface area contributed by atoms with E-state index in [1.807, 2.05) is 0 Å². The van der Waals surface area contributed by atoms with Crippen LogP contribution in [0.2, 0.25) is 0 Å². The molecular formula is C22H27NO8. The number of nitrogens with one attached hydrogen (secondary N) is 1. The van der Waals surface area contributed by atoms with Crippen molar-refractivity contribution in [1.82, 2.24) is 5.32 Å². The molecule has 0 aliphatic heterocycles. The van der Waals surface area contributed by atoms with Crippen LogP contribution in [0.25, 0.3) is 0 Å². The predicted molar refractivity (Wildman–Crippen MR) is 112 cm³/mol. The molecule has 168 valence electrons. The second-order valence-electron chi connectivity index (χ2n) is 6.45. The molecule has 0 radical (unpaired) electrons. The third-order valence-electron chi connectivity index (χ3n) is 4.19. The van der Waals surface area contributed by atoms with Gasteiger partial charge in [-0.15, -0.1) is 0 Å². The van der Waals surface area contributed by atoms with Crippen LogP contribution in [0.1, 0.15) is 25.0 Å². The predicted octanol–water partition coefficient (Wildman–Crippen LogP) is 2.86. The van der Waals surface area contributed by atoms with E-state index in [4.69, 9.17) is 28.4 Å². The molecule has 0 saturated heterocycles. The van der Waals surface area contributed by atoms with Gasteiger partial charge in [-0.2, -0.15) is 0 Å². The van der Waals surface area contributed by atoms with Crippen molar-refractivity contribution in [2.24, 2.45) is 0 Å². The van der Waals surface area contributed by atoms with E-state index in [0.29, 0.717) is 36.1 Å². The molecule has 0 heterocycles. The van der Waals surface area contributed by atoms with E-state index < -0.39 is 11.9 Å². The van der Waals surface area contributed by atoms with Gasteiger partial charge in [0, 0.05) is 26.9 Å². The summed E-state index contributed by atoms with van der Waals surface area (Å²) in [5.74, 6) is 1.08. The van der Waals surface area contributed by atoms with Crippen molar-refractivity contribution in [2.45, 2.75) is 26.9 Å². The number of carbonyl (C=O) groups is 2. The number of carbonyl (C=O) groups excluding carboxylic acids is 2. The van der Waals surface area contributed by atoms with Crippen LogP contribution in [0.5, 0.6) is 34.5 Å². The summed E-state index contributed by atoms with van der Waals surface area (Å²) in [6.45, 7) is 3.57. The fourth-order valence-corrected chi connectivity index (χ4v) is 2.91. The normalized spacial score (nSPS) is 10.3. The lowest BCUT2D eigenvalue weighted by Gasteiger charge is -2.16. The van der Waals surface area contributed by atoms with Crippen LogP contribution in [-0.4, -0.2) is 40.4 Å². The van der Waals surface area contributed by atoms with Crippen LogP contribution >= 0.6 is 0 Å². The van der Waals surface area contributed by atoms with Crippen LogP contribution in [0, 0.1) is 0 Å². The number of methoxy groups -OCH3 is 4. The zero-order chi connectivity index (χ0) is 23.0. The Morgan fingerprint density at radius 1 is 0.645 bits per heavy atom. The fraction of sp³-hybridized carbons (Fsp3) is 0.364. The van der Waals surface area contributed by atoms with Gasteiger partial charge < -0.3 is 33.7 Å². The van der Waals surface area contributed by atoms with Crippen molar-refractivity contribution in [3.05, 3.63) is 35.4 Å². The molecule has 0 spiro atoms. The van der Waals surface area contributed by atoms with Crippen molar-refractivity contribution in [3.63, 3.8) is 0 Å². The number of ether oxygens (including phenoxy) is 6. The Bertz CT molecular complexity index is 816. The summed E-state index contributed by atoms with van der Waals surface area (Å²) in [6.07, 6.45) is 0. The Morgan fingerprint density at radius 2 is 0.935 bits per heavy atom. The SMILES string of the molecule is COc1cc(CNCc2cc(OC)c(OC(C)=O)c(OC)c2)cc(OC)c1OC(C)=O. The summed E-state index contributed by atoms with van der Waals surface area (Å²) < 4.78 is 31.8. The zero-order valence-corrected chi connectivity index (χ0v) is 18.5. The number of benzene rings is 2. The molecule has 9 nitrogen and oxygen atoms in total. The van der Waals surface area contributed by atoms with Gasteiger partial charge in [0.15, 0.2) is 23.0 Å². The second-order valence-corrected chi connectivity index (χ2v) is 6.45. The molecule has 0 aliphatic rings. The number of hydrogen-bond donors (Lipinski definition) is 1. The first-order valence-electron chi connectivity index (χ1n) is 9.40. The molecule has 0 fully saturated rings. The highest BCUT2D eigenvalue weighted by atomic mass is 16.6. The maximum Gasteiger partial charge on any atom is 0.308 e. The van der Waals surface area contributed by atoms with Crippen molar-refractivity contribution >= 4 is 11.9 Å². The van der Waals surface area contributed by atoms with E-state index in [9.17, 15) is 9.59 Å². The summed E-state index contributed by atoms with van der Waals surface area (Å²) in [7, 11) is 5.95. The molecule has 0 atom stereocenters. The van der Waals surface area contributed by atoms with Gasteiger partial charge in [-0.1, -0.05) is 0 Å². The molecule has 0 aromatic heterocycles. The summed E-state index contributed by atoms with van der Waals surface area (Å²) in [5.41, 5.74) is 1.72. The Balaban J connectivity index is 2.19. The number of esters is 2. The molecule has 31 heavy (non-hydrogen) atoms. The molecule has 2 rings (SSSR count). The molecule has 2 aromatic carbocycles. The number of hydrogen-bond acceptors (Lipinski definition) is 9. The van der Waals surface area contributed by atoms with Crippen LogP contribution in [0.15, 0.2) is 24.3 Å². The molecule has 9 heteroatoms. The molecule has 0 bridgehead atoms. The van der Waals surface area contributed by atoms with Crippen LogP contribution in [0.4, 0.5) is 0 Å². The number of rotatable bonds is 10. The van der Waals surface area contributed by atoms with E-state index >= 15 is 0 Å². The first kappa shape index (κ1) is 23.8. The van der Waals surface area contributed by atoms with Crippen LogP contribution in [-0.2, 0) is 22.7 Å². The van der Waals surface area contributed by atoms with Crippen molar-refractivity contribution in [3.8, 4) is 34.5 Å². The maximum absolute atomic E-state index is 11.4. The quantitative estimate of drug-likeness (QED) is 0.448. The molecule has 2 aromatic rings. The molecule has 1 N–H and O–H groups in total. The minimum Gasteiger partial charge on any atom is -0.493 e. The lowest BCUT2D eigenvalue weighted by molar-refractivity contribution is -0.133. The lowest BCUT2D eigenvalue weighted by atomic mass is 10.1. The largest absolute Gasteiger partial charge is 0.493 e. The highest BCUT2D eigenvalue weighted by Crippen LogP contribution is 2.40. The summed E-state index contributed by atoms with van der Waals surface area (Å²) in [4.78, 5) is 22.7. The van der Waals surface area contributed by atoms with Gasteiger partial charge in [-0.25, -0.2) is 0 Å². The highest BCUT2D eigenvalue weighted by molar-refractivity contribution is 5.73. The molecule has 0 saturated carbocycles. The zero-order valence-electron chi connectivity index (χ0n) is 18.5. The minimum atomic E-state index is -0.470. The summed E-state index contributed by atoms with van der Waals surface area (Å²) in [5, 5.41) is 3.31. The van der Waals surface area contributed by atoms with Crippen molar-refractivity contribution in [2.75, 3.05) is 28.4 Å². The second kappa shape index (κ2) is 11.1.